The summed E-state index contributed by atoms with van der Waals surface area (Å²) in [4.78, 5) is 29.9. The minimum atomic E-state index is -1.41. The average molecular weight is 504 g/mol. The van der Waals surface area contributed by atoms with Crippen LogP contribution in [0.15, 0.2) is 36.7 Å². The number of aromatic nitrogens is 3. The summed E-state index contributed by atoms with van der Waals surface area (Å²) in [7, 11) is 0. The van der Waals surface area contributed by atoms with Crippen molar-refractivity contribution in [2.45, 2.75) is 77.1 Å². The van der Waals surface area contributed by atoms with Gasteiger partial charge in [0.05, 0.1) is 39.9 Å². The van der Waals surface area contributed by atoms with E-state index in [4.69, 9.17) is 5.26 Å². The molecule has 1 saturated carbocycles. The topological polar surface area (TPSA) is 144 Å². The molecule has 0 aromatic carbocycles. The summed E-state index contributed by atoms with van der Waals surface area (Å²) in [6.45, 7) is 6.94. The van der Waals surface area contributed by atoms with Crippen LogP contribution in [0.3, 0.4) is 0 Å². The molecular weight excluding hydrogens is 470 g/mol. The van der Waals surface area contributed by atoms with E-state index in [0.29, 0.717) is 22.5 Å². The van der Waals surface area contributed by atoms with Crippen molar-refractivity contribution in [2.75, 3.05) is 5.32 Å². The molecule has 0 radical (unpaired) electrons. The van der Waals surface area contributed by atoms with Crippen LogP contribution in [-0.2, 0) is 4.79 Å². The highest BCUT2D eigenvalue weighted by Gasteiger charge is 2.29. The number of hydrogen-bond acceptors (Lipinski definition) is 7. The molecule has 4 N–H and O–H groups in total. The van der Waals surface area contributed by atoms with E-state index in [-0.39, 0.29) is 29.9 Å². The molecule has 0 atom stereocenters. The Kier molecular flexibility index (Phi) is 7.45. The normalized spacial score (nSPS) is 17.9. The van der Waals surface area contributed by atoms with Crippen molar-refractivity contribution in [3.05, 3.63) is 47.8 Å². The summed E-state index contributed by atoms with van der Waals surface area (Å²) < 4.78 is 1.72. The molecule has 3 aromatic heterocycles. The third-order valence-corrected chi connectivity index (χ3v) is 6.44. The summed E-state index contributed by atoms with van der Waals surface area (Å²) in [6.07, 6.45) is 6.00. The smallest absolute Gasteiger partial charge is 0.255 e. The first-order chi connectivity index (χ1) is 17.5. The monoisotopic (exact) mass is 503 g/mol. The van der Waals surface area contributed by atoms with Crippen molar-refractivity contribution in [1.82, 2.24) is 25.2 Å². The molecule has 3 aromatic rings. The van der Waals surface area contributed by atoms with Gasteiger partial charge in [-0.15, -0.1) is 0 Å². The Morgan fingerprint density at radius 3 is 2.41 bits per heavy atom. The zero-order valence-electron chi connectivity index (χ0n) is 21.6. The second-order valence-electron chi connectivity index (χ2n) is 10.4. The van der Waals surface area contributed by atoms with Crippen LogP contribution in [-0.4, -0.2) is 55.2 Å². The van der Waals surface area contributed by atoms with Gasteiger partial charge in [-0.2, -0.15) is 10.4 Å². The molecule has 1 fully saturated rings. The maximum absolute atomic E-state index is 13.2. The lowest BCUT2D eigenvalue weighted by molar-refractivity contribution is -0.137. The molecule has 10 nitrogen and oxygen atoms in total. The van der Waals surface area contributed by atoms with Crippen LogP contribution in [0.1, 0.15) is 69.3 Å². The van der Waals surface area contributed by atoms with E-state index in [1.807, 2.05) is 32.0 Å². The Labute approximate surface area is 216 Å². The summed E-state index contributed by atoms with van der Waals surface area (Å²) in [5, 5.41) is 32.7. The Bertz CT molecular complexity index is 1340. The molecule has 194 valence electrons. The molecule has 0 bridgehead atoms. The lowest BCUT2D eigenvalue weighted by Crippen LogP contribution is -2.49. The predicted octanol–water partition coefficient (Wildman–Crippen LogP) is 3.02. The summed E-state index contributed by atoms with van der Waals surface area (Å²) in [5.41, 5.74) is 2.39. The summed E-state index contributed by atoms with van der Waals surface area (Å²) in [6, 6.07) is 9.54. The molecule has 0 unspecified atom stereocenters. The highest BCUT2D eigenvalue weighted by molar-refractivity contribution is 6.00. The van der Waals surface area contributed by atoms with E-state index in [0.717, 1.165) is 36.9 Å². The van der Waals surface area contributed by atoms with Crippen molar-refractivity contribution >= 4 is 23.0 Å². The van der Waals surface area contributed by atoms with Gasteiger partial charge in [-0.3, -0.25) is 14.6 Å². The standard InChI is InChI=1S/C27H33N7O3/c1-16(2)31-22-12-23(24-10-9-20-11-17(13-28)14-30-34(20)24)29-15-21(22)25(35)32-18-5-7-19(8-6-18)33-26(36)27(3,4)37/h9-12,14-16,18-19,37H,5-8H2,1-4H3,(H,29,31)(H,32,35)(H,33,36)/t18-,19-. The fourth-order valence-electron chi connectivity index (χ4n) is 4.47. The van der Waals surface area contributed by atoms with Gasteiger partial charge in [0.1, 0.15) is 11.7 Å². The number of pyridine rings is 1. The van der Waals surface area contributed by atoms with Crippen LogP contribution < -0.4 is 16.0 Å². The minimum Gasteiger partial charge on any atom is -0.382 e. The number of nitriles is 1. The molecule has 0 saturated heterocycles. The fourth-order valence-corrected chi connectivity index (χ4v) is 4.47. The van der Waals surface area contributed by atoms with Crippen LogP contribution >= 0.6 is 0 Å². The average Bonchev–Trinajstić information content (AvgIpc) is 3.27. The van der Waals surface area contributed by atoms with E-state index in [9.17, 15) is 14.7 Å². The van der Waals surface area contributed by atoms with Crippen LogP contribution in [0.5, 0.6) is 0 Å². The second kappa shape index (κ2) is 10.6. The number of hydrogen-bond donors (Lipinski definition) is 4. The van der Waals surface area contributed by atoms with E-state index >= 15 is 0 Å². The van der Waals surface area contributed by atoms with Gasteiger partial charge in [-0.1, -0.05) is 0 Å². The van der Waals surface area contributed by atoms with E-state index in [1.54, 1.807) is 16.8 Å². The number of aliphatic hydroxyl groups is 1. The van der Waals surface area contributed by atoms with Gasteiger partial charge in [-0.25, -0.2) is 4.52 Å². The van der Waals surface area contributed by atoms with Gasteiger partial charge in [-0.05, 0) is 77.6 Å². The summed E-state index contributed by atoms with van der Waals surface area (Å²) in [5.74, 6) is -0.588. The Morgan fingerprint density at radius 2 is 1.78 bits per heavy atom. The zero-order valence-corrected chi connectivity index (χ0v) is 21.6. The number of fused-ring (bicyclic) bond motifs is 1. The molecule has 1 aliphatic rings. The number of anilines is 1. The maximum atomic E-state index is 13.2. The lowest BCUT2D eigenvalue weighted by atomic mass is 9.90. The summed E-state index contributed by atoms with van der Waals surface area (Å²) >= 11 is 0. The zero-order chi connectivity index (χ0) is 26.7. The third-order valence-electron chi connectivity index (χ3n) is 6.44. The number of nitrogens with one attached hydrogen (secondary N) is 3. The molecule has 0 aliphatic heterocycles. The minimum absolute atomic E-state index is 0.0116. The van der Waals surface area contributed by atoms with Crippen molar-refractivity contribution < 1.29 is 14.7 Å². The first-order valence-electron chi connectivity index (χ1n) is 12.5. The maximum Gasteiger partial charge on any atom is 0.255 e. The fraction of sp³-hybridized carbons (Fsp3) is 0.444. The Morgan fingerprint density at radius 1 is 1.11 bits per heavy atom. The highest BCUT2D eigenvalue weighted by atomic mass is 16.3. The third kappa shape index (κ3) is 6.06. The quantitative estimate of drug-likeness (QED) is 0.388. The van der Waals surface area contributed by atoms with Gasteiger partial charge in [0.2, 0.25) is 0 Å². The van der Waals surface area contributed by atoms with Crippen molar-refractivity contribution in [3.63, 3.8) is 0 Å². The Balaban J connectivity index is 1.48. The molecule has 4 rings (SSSR count). The predicted molar refractivity (Wildman–Crippen MR) is 140 cm³/mol. The largest absolute Gasteiger partial charge is 0.382 e. The molecule has 2 amide bonds. The van der Waals surface area contributed by atoms with Crippen LogP contribution in [0.25, 0.3) is 16.9 Å². The number of rotatable bonds is 7. The number of carbonyl (C=O) groups excluding carboxylic acids is 2. The van der Waals surface area contributed by atoms with Crippen molar-refractivity contribution in [1.29, 1.82) is 5.26 Å². The molecule has 37 heavy (non-hydrogen) atoms. The molecular formula is C27H33N7O3. The van der Waals surface area contributed by atoms with Gasteiger partial charge in [0.25, 0.3) is 11.8 Å². The van der Waals surface area contributed by atoms with Gasteiger partial charge in [0.15, 0.2) is 0 Å². The van der Waals surface area contributed by atoms with Crippen LogP contribution in [0.4, 0.5) is 5.69 Å². The number of nitrogens with zero attached hydrogens (tertiary/aromatic N) is 4. The number of amides is 2. The first-order valence-corrected chi connectivity index (χ1v) is 12.5. The van der Waals surface area contributed by atoms with Crippen molar-refractivity contribution in [3.8, 4) is 17.5 Å². The van der Waals surface area contributed by atoms with E-state index in [1.165, 1.54) is 20.0 Å². The van der Waals surface area contributed by atoms with Gasteiger partial charge >= 0.3 is 0 Å². The van der Waals surface area contributed by atoms with Crippen LogP contribution in [0, 0.1) is 11.3 Å². The lowest BCUT2D eigenvalue weighted by Gasteiger charge is -2.31. The van der Waals surface area contributed by atoms with Crippen molar-refractivity contribution in [2.24, 2.45) is 0 Å². The van der Waals surface area contributed by atoms with E-state index in [2.05, 4.69) is 32.1 Å². The van der Waals surface area contributed by atoms with Gasteiger partial charge < -0.3 is 21.1 Å². The molecule has 10 heteroatoms. The first kappa shape index (κ1) is 26.1. The van der Waals surface area contributed by atoms with Gasteiger partial charge in [0, 0.05) is 24.3 Å². The van der Waals surface area contributed by atoms with E-state index < -0.39 is 5.60 Å². The Hall–Kier alpha value is -3.97. The molecule has 1 aliphatic carbocycles. The molecule has 0 spiro atoms. The number of carbonyl (C=O) groups is 2. The second-order valence-corrected chi connectivity index (χ2v) is 10.4. The van der Waals surface area contributed by atoms with Crippen LogP contribution in [0.2, 0.25) is 0 Å². The SMILES string of the molecule is CC(C)Nc1cc(-c2ccc3cc(C#N)cnn23)ncc1C(=O)N[C@H]1CC[C@H](NC(=O)C(C)(C)O)CC1. The highest BCUT2D eigenvalue weighted by Crippen LogP contribution is 2.27. The molecule has 3 heterocycles.